The van der Waals surface area contributed by atoms with Gasteiger partial charge < -0.3 is 19.5 Å². The van der Waals surface area contributed by atoms with Gasteiger partial charge in [-0.15, -0.1) is 0 Å². The second-order valence-corrected chi connectivity index (χ2v) is 9.20. The highest BCUT2D eigenvalue weighted by atomic mass is 79.9. The topological polar surface area (TPSA) is 76.8 Å². The van der Waals surface area contributed by atoms with Crippen LogP contribution in [-0.4, -0.2) is 64.3 Å². The molecular formula is C22H17BrF7N3O4. The number of carbonyl (C=O) groups is 1. The molecule has 3 aromatic rings. The van der Waals surface area contributed by atoms with Gasteiger partial charge in [0, 0.05) is 28.0 Å². The predicted octanol–water partition coefficient (Wildman–Crippen LogP) is 5.30. The first-order chi connectivity index (χ1) is 17.2. The van der Waals surface area contributed by atoms with Crippen molar-refractivity contribution < 1.29 is 50.1 Å². The van der Waals surface area contributed by atoms with E-state index in [1.807, 2.05) is 0 Å². The van der Waals surface area contributed by atoms with Crippen molar-refractivity contribution >= 4 is 32.7 Å². The molecule has 0 unspecified atom stereocenters. The molecule has 1 aromatic heterocycles. The number of ether oxygens (including phenoxy) is 2. The monoisotopic (exact) mass is 599 g/mol. The first-order valence-electron chi connectivity index (χ1n) is 10.4. The summed E-state index contributed by atoms with van der Waals surface area (Å²) in [4.78, 5) is 13.6. The van der Waals surface area contributed by atoms with E-state index in [0.29, 0.717) is 9.37 Å². The fraction of sp³-hybridized carbons (Fsp3) is 0.364. The number of carbonyl (C=O) groups excluding carboxylic acids is 1. The molecule has 1 aliphatic heterocycles. The minimum atomic E-state index is -5.02. The lowest BCUT2D eigenvalue weighted by molar-refractivity contribution is -0.294. The maximum absolute atomic E-state index is 13.9. The summed E-state index contributed by atoms with van der Waals surface area (Å²) in [6.07, 6.45) is -7.95. The van der Waals surface area contributed by atoms with Gasteiger partial charge in [0.25, 0.3) is 12.3 Å². The van der Waals surface area contributed by atoms with E-state index >= 15 is 0 Å². The molecule has 0 spiro atoms. The molecule has 0 atom stereocenters. The number of halogens is 8. The van der Waals surface area contributed by atoms with Gasteiger partial charge >= 0.3 is 12.8 Å². The van der Waals surface area contributed by atoms with Crippen LogP contribution in [0.25, 0.3) is 22.2 Å². The zero-order valence-corrected chi connectivity index (χ0v) is 20.5. The van der Waals surface area contributed by atoms with Crippen LogP contribution in [-0.2, 0) is 7.05 Å². The third-order valence-electron chi connectivity index (χ3n) is 5.88. The van der Waals surface area contributed by atoms with Crippen molar-refractivity contribution in [1.29, 1.82) is 0 Å². The lowest BCUT2D eigenvalue weighted by Gasteiger charge is -2.47. The first-order valence-corrected chi connectivity index (χ1v) is 11.2. The minimum Gasteiger partial charge on any atom is -0.496 e. The van der Waals surface area contributed by atoms with Crippen LogP contribution in [0.15, 0.2) is 28.7 Å². The average molecular weight is 600 g/mol. The molecule has 15 heteroatoms. The number of hydrogen-bond donors (Lipinski definition) is 1. The number of aryl methyl sites for hydroxylation is 1. The number of rotatable bonds is 6. The Bertz CT molecular complexity index is 1370. The van der Waals surface area contributed by atoms with Crippen molar-refractivity contribution in [3.8, 4) is 22.8 Å². The Morgan fingerprint density at radius 2 is 1.76 bits per heavy atom. The van der Waals surface area contributed by atoms with Gasteiger partial charge in [-0.1, -0.05) is 15.9 Å². The molecular weight excluding hydrogens is 583 g/mol. The van der Waals surface area contributed by atoms with E-state index in [1.165, 1.54) is 29.9 Å². The summed E-state index contributed by atoms with van der Waals surface area (Å²) < 4.78 is 105. The van der Waals surface area contributed by atoms with E-state index in [4.69, 9.17) is 4.74 Å². The number of aliphatic hydroxyl groups is 1. The highest BCUT2D eigenvalue weighted by Gasteiger charge is 2.62. The van der Waals surface area contributed by atoms with E-state index in [0.717, 1.165) is 13.2 Å². The summed E-state index contributed by atoms with van der Waals surface area (Å²) >= 11 is 3.14. The summed E-state index contributed by atoms with van der Waals surface area (Å²) in [6.45, 7) is -5.72. The third-order valence-corrected chi connectivity index (χ3v) is 6.33. The normalized spacial score (nSPS) is 15.4. The molecule has 1 amide bonds. The van der Waals surface area contributed by atoms with Crippen molar-refractivity contribution in [2.75, 3.05) is 20.2 Å². The number of β-amino-alcohol motifs (C(OH)–C–C–N with tert-alkyl or cyclic N) is 1. The number of benzene rings is 2. The highest BCUT2D eigenvalue weighted by molar-refractivity contribution is 9.10. The van der Waals surface area contributed by atoms with Crippen LogP contribution in [0.2, 0.25) is 0 Å². The molecule has 1 saturated heterocycles. The van der Waals surface area contributed by atoms with Crippen molar-refractivity contribution in [2.45, 2.75) is 24.8 Å². The van der Waals surface area contributed by atoms with E-state index in [9.17, 15) is 40.6 Å². The van der Waals surface area contributed by atoms with Crippen molar-refractivity contribution in [1.82, 2.24) is 14.7 Å². The number of alkyl halides is 7. The second kappa shape index (κ2) is 9.35. The van der Waals surface area contributed by atoms with E-state index < -0.39 is 60.7 Å². The van der Waals surface area contributed by atoms with E-state index in [1.54, 1.807) is 0 Å². The van der Waals surface area contributed by atoms with Crippen LogP contribution < -0.4 is 9.47 Å². The maximum Gasteiger partial charge on any atom is 0.420 e. The molecule has 4 rings (SSSR count). The zero-order chi connectivity index (χ0) is 27.4. The molecule has 2 heterocycles. The van der Waals surface area contributed by atoms with Crippen molar-refractivity contribution in [3.05, 3.63) is 39.9 Å². The lowest BCUT2D eigenvalue weighted by atomic mass is 9.92. The van der Waals surface area contributed by atoms with E-state index in [2.05, 4.69) is 25.8 Å². The fourth-order valence-corrected chi connectivity index (χ4v) is 4.64. The van der Waals surface area contributed by atoms with Gasteiger partial charge in [0.1, 0.15) is 17.1 Å². The number of nitrogens with zero attached hydrogens (tertiary/aromatic N) is 3. The summed E-state index contributed by atoms with van der Waals surface area (Å²) in [6, 6.07) is 4.79. The third kappa shape index (κ3) is 4.69. The number of likely N-dealkylation sites (tertiary alicyclic amines) is 1. The van der Waals surface area contributed by atoms with E-state index in [-0.39, 0.29) is 27.9 Å². The first kappa shape index (κ1) is 27.0. The van der Waals surface area contributed by atoms with Gasteiger partial charge in [-0.3, -0.25) is 9.48 Å². The molecule has 1 N–H and O–H groups in total. The molecule has 1 aliphatic rings. The van der Waals surface area contributed by atoms with Gasteiger partial charge in [0.2, 0.25) is 0 Å². The molecule has 0 aliphatic carbocycles. The summed E-state index contributed by atoms with van der Waals surface area (Å²) in [5.41, 5.74) is -3.95. The Labute approximate surface area is 212 Å². The Morgan fingerprint density at radius 3 is 2.30 bits per heavy atom. The molecule has 200 valence electrons. The summed E-state index contributed by atoms with van der Waals surface area (Å²) in [7, 11) is 2.50. The smallest absolute Gasteiger partial charge is 0.420 e. The molecule has 0 bridgehead atoms. The molecule has 0 saturated carbocycles. The molecule has 1 fully saturated rings. The SMILES string of the molecule is COc1cc(-c2c3c(C(F)F)cc(Br)cc3nn2C)cc(OC(F)F)c1C(=O)N1CC(O)(C(F)(F)F)C1. The number of fused-ring (bicyclic) bond motifs is 1. The molecule has 7 nitrogen and oxygen atoms in total. The minimum absolute atomic E-state index is 0.00260. The Balaban J connectivity index is 1.87. The molecule has 2 aromatic carbocycles. The standard InChI is InChI=1S/C22H17BrF7N3O4/c1-32-17(15-11(18(24)25)5-10(23)6-12(15)31-32)9-3-13(36-2)16(14(4-9)37-20(26)27)19(34)33-7-21(35,8-33)22(28,29)30/h3-6,18,20,35H,7-8H2,1-2H3. The number of amides is 1. The molecule has 37 heavy (non-hydrogen) atoms. The maximum atomic E-state index is 13.9. The van der Waals surface area contributed by atoms with Crippen LogP contribution in [0.5, 0.6) is 11.5 Å². The number of methoxy groups -OCH3 is 1. The van der Waals surface area contributed by atoms with Crippen molar-refractivity contribution in [2.24, 2.45) is 7.05 Å². The number of hydrogen-bond acceptors (Lipinski definition) is 5. The largest absolute Gasteiger partial charge is 0.496 e. The van der Waals surface area contributed by atoms with Gasteiger partial charge in [0.05, 0.1) is 31.4 Å². The van der Waals surface area contributed by atoms with Crippen molar-refractivity contribution in [3.63, 3.8) is 0 Å². The van der Waals surface area contributed by atoms with Crippen LogP contribution >= 0.6 is 15.9 Å². The Kier molecular flexibility index (Phi) is 6.82. The van der Waals surface area contributed by atoms with Gasteiger partial charge in [0.15, 0.2) is 5.60 Å². The number of aromatic nitrogens is 2. The fourth-order valence-electron chi connectivity index (χ4n) is 4.18. The van der Waals surface area contributed by atoms with Crippen LogP contribution in [0, 0.1) is 0 Å². The quantitative estimate of drug-likeness (QED) is 0.389. The van der Waals surface area contributed by atoms with Crippen LogP contribution in [0.3, 0.4) is 0 Å². The Hall–Kier alpha value is -3.07. The second-order valence-electron chi connectivity index (χ2n) is 8.28. The Morgan fingerprint density at radius 1 is 1.14 bits per heavy atom. The van der Waals surface area contributed by atoms with Gasteiger partial charge in [-0.2, -0.15) is 27.1 Å². The van der Waals surface area contributed by atoms with Crippen LogP contribution in [0.4, 0.5) is 30.7 Å². The van der Waals surface area contributed by atoms with Gasteiger partial charge in [-0.25, -0.2) is 8.78 Å². The highest BCUT2D eigenvalue weighted by Crippen LogP contribution is 2.44. The zero-order valence-electron chi connectivity index (χ0n) is 18.9. The average Bonchev–Trinajstić information content (AvgIpc) is 3.09. The predicted molar refractivity (Wildman–Crippen MR) is 119 cm³/mol. The summed E-state index contributed by atoms with van der Waals surface area (Å²) in [5, 5.41) is 13.9. The molecule has 0 radical (unpaired) electrons. The van der Waals surface area contributed by atoms with Crippen LogP contribution in [0.1, 0.15) is 22.3 Å². The van der Waals surface area contributed by atoms with Gasteiger partial charge in [-0.05, 0) is 24.3 Å². The lowest BCUT2D eigenvalue weighted by Crippen LogP contribution is -2.70. The summed E-state index contributed by atoms with van der Waals surface area (Å²) in [5.74, 6) is -2.30.